The average molecular weight is 226 g/mol. The van der Waals surface area contributed by atoms with E-state index < -0.39 is 0 Å². The van der Waals surface area contributed by atoms with Crippen molar-refractivity contribution >= 4 is 11.8 Å². The topological polar surface area (TPSA) is 42.4 Å². The van der Waals surface area contributed by atoms with Crippen LogP contribution in [0.1, 0.15) is 18.7 Å². The van der Waals surface area contributed by atoms with Crippen LogP contribution in [0, 0.1) is 0 Å². The second kappa shape index (κ2) is 5.05. The standard InChI is InChI=1S/C11H18N2OS/c1-9(12)11(10-3-2-6-14-10)13-4-7-15-8-5-13/h2-3,6,9,11H,4-5,7-8,12H2,1H3. The lowest BCUT2D eigenvalue weighted by atomic mass is 10.1. The Kier molecular flexibility index (Phi) is 3.72. The Labute approximate surface area is 95.0 Å². The third kappa shape index (κ3) is 2.56. The Bertz CT molecular complexity index is 281. The molecule has 3 nitrogen and oxygen atoms in total. The van der Waals surface area contributed by atoms with E-state index in [1.54, 1.807) is 6.26 Å². The van der Waals surface area contributed by atoms with E-state index in [2.05, 4.69) is 11.8 Å². The van der Waals surface area contributed by atoms with Crippen molar-refractivity contribution in [3.63, 3.8) is 0 Å². The third-order valence-corrected chi connectivity index (χ3v) is 3.71. The lowest BCUT2D eigenvalue weighted by Crippen LogP contribution is -2.43. The molecular weight excluding hydrogens is 208 g/mol. The first-order chi connectivity index (χ1) is 7.29. The quantitative estimate of drug-likeness (QED) is 0.852. The summed E-state index contributed by atoms with van der Waals surface area (Å²) in [4.78, 5) is 2.43. The van der Waals surface area contributed by atoms with Gasteiger partial charge in [-0.2, -0.15) is 11.8 Å². The summed E-state index contributed by atoms with van der Waals surface area (Å²) in [5, 5.41) is 0. The van der Waals surface area contributed by atoms with E-state index in [4.69, 9.17) is 10.2 Å². The van der Waals surface area contributed by atoms with Gasteiger partial charge in [0.1, 0.15) is 5.76 Å². The molecule has 2 unspecified atom stereocenters. The number of nitrogens with two attached hydrogens (primary N) is 1. The summed E-state index contributed by atoms with van der Waals surface area (Å²) in [5.74, 6) is 3.39. The average Bonchev–Trinajstić information content (AvgIpc) is 2.72. The van der Waals surface area contributed by atoms with Gasteiger partial charge in [0.2, 0.25) is 0 Å². The first-order valence-corrected chi connectivity index (χ1v) is 6.55. The minimum absolute atomic E-state index is 0.110. The Morgan fingerprint density at radius 1 is 1.47 bits per heavy atom. The molecule has 0 spiro atoms. The zero-order chi connectivity index (χ0) is 10.7. The van der Waals surface area contributed by atoms with Crippen LogP contribution in [0.25, 0.3) is 0 Å². The third-order valence-electron chi connectivity index (χ3n) is 2.77. The molecule has 4 heteroatoms. The van der Waals surface area contributed by atoms with Crippen LogP contribution in [0.15, 0.2) is 22.8 Å². The lowest BCUT2D eigenvalue weighted by molar-refractivity contribution is 0.170. The van der Waals surface area contributed by atoms with Crippen LogP contribution in [0.3, 0.4) is 0 Å². The largest absolute Gasteiger partial charge is 0.468 e. The number of hydrogen-bond donors (Lipinski definition) is 1. The van der Waals surface area contributed by atoms with Crippen molar-refractivity contribution in [2.45, 2.75) is 19.0 Å². The summed E-state index contributed by atoms with van der Waals surface area (Å²) in [6, 6.07) is 4.30. The minimum Gasteiger partial charge on any atom is -0.468 e. The first kappa shape index (κ1) is 11.0. The zero-order valence-corrected chi connectivity index (χ0v) is 9.87. The van der Waals surface area contributed by atoms with Crippen molar-refractivity contribution < 1.29 is 4.42 Å². The SMILES string of the molecule is CC(N)C(c1ccco1)N1CCSCC1. The molecule has 0 radical (unpaired) electrons. The normalized spacial score (nSPS) is 22.5. The monoisotopic (exact) mass is 226 g/mol. The van der Waals surface area contributed by atoms with E-state index in [0.29, 0.717) is 0 Å². The number of furan rings is 1. The molecule has 1 aliphatic rings. The summed E-state index contributed by atoms with van der Waals surface area (Å²) in [6.45, 7) is 4.27. The van der Waals surface area contributed by atoms with Crippen molar-refractivity contribution in [3.05, 3.63) is 24.2 Å². The molecule has 2 rings (SSSR count). The van der Waals surface area contributed by atoms with Gasteiger partial charge < -0.3 is 10.2 Å². The lowest BCUT2D eigenvalue weighted by Gasteiger charge is -2.35. The predicted molar refractivity (Wildman–Crippen MR) is 64.0 cm³/mol. The van der Waals surface area contributed by atoms with E-state index in [1.807, 2.05) is 23.9 Å². The van der Waals surface area contributed by atoms with Gasteiger partial charge in [0, 0.05) is 30.6 Å². The number of thioether (sulfide) groups is 1. The van der Waals surface area contributed by atoms with Gasteiger partial charge in [-0.3, -0.25) is 4.90 Å². The first-order valence-electron chi connectivity index (χ1n) is 5.40. The molecule has 2 N–H and O–H groups in total. The highest BCUT2D eigenvalue weighted by Crippen LogP contribution is 2.26. The highest BCUT2D eigenvalue weighted by atomic mass is 32.2. The summed E-state index contributed by atoms with van der Waals surface area (Å²) in [5.41, 5.74) is 6.05. The summed E-state index contributed by atoms with van der Waals surface area (Å²) < 4.78 is 5.48. The molecule has 15 heavy (non-hydrogen) atoms. The van der Waals surface area contributed by atoms with Crippen molar-refractivity contribution in [1.29, 1.82) is 0 Å². The van der Waals surface area contributed by atoms with Crippen LogP contribution in [0.5, 0.6) is 0 Å². The number of nitrogens with zero attached hydrogens (tertiary/aromatic N) is 1. The van der Waals surface area contributed by atoms with Crippen LogP contribution in [-0.2, 0) is 0 Å². The van der Waals surface area contributed by atoms with Crippen molar-refractivity contribution in [3.8, 4) is 0 Å². The van der Waals surface area contributed by atoms with Crippen molar-refractivity contribution in [1.82, 2.24) is 4.90 Å². The van der Waals surface area contributed by atoms with E-state index >= 15 is 0 Å². The van der Waals surface area contributed by atoms with E-state index in [-0.39, 0.29) is 12.1 Å². The molecule has 0 bridgehead atoms. The van der Waals surface area contributed by atoms with Gasteiger partial charge in [-0.05, 0) is 19.1 Å². The fourth-order valence-corrected chi connectivity index (χ4v) is 3.02. The van der Waals surface area contributed by atoms with Crippen molar-refractivity contribution in [2.75, 3.05) is 24.6 Å². The Morgan fingerprint density at radius 2 is 2.20 bits per heavy atom. The fraction of sp³-hybridized carbons (Fsp3) is 0.636. The molecule has 2 atom stereocenters. The van der Waals surface area contributed by atoms with Crippen LogP contribution in [0.4, 0.5) is 0 Å². The molecule has 1 aromatic rings. The summed E-state index contributed by atoms with van der Waals surface area (Å²) in [7, 11) is 0. The summed E-state index contributed by atoms with van der Waals surface area (Å²) >= 11 is 2.01. The molecule has 1 aliphatic heterocycles. The van der Waals surface area contributed by atoms with Gasteiger partial charge in [-0.25, -0.2) is 0 Å². The van der Waals surface area contributed by atoms with Crippen LogP contribution >= 0.6 is 11.8 Å². The van der Waals surface area contributed by atoms with Gasteiger partial charge in [0.05, 0.1) is 12.3 Å². The molecule has 1 saturated heterocycles. The summed E-state index contributed by atoms with van der Waals surface area (Å²) in [6.07, 6.45) is 1.73. The Morgan fingerprint density at radius 3 is 2.73 bits per heavy atom. The molecule has 84 valence electrons. The van der Waals surface area contributed by atoms with Gasteiger partial charge in [0.25, 0.3) is 0 Å². The highest BCUT2D eigenvalue weighted by Gasteiger charge is 2.27. The predicted octanol–water partition coefficient (Wildman–Crippen LogP) is 1.72. The molecule has 0 saturated carbocycles. The van der Waals surface area contributed by atoms with Gasteiger partial charge in [-0.15, -0.1) is 0 Å². The Hall–Kier alpha value is -0.450. The maximum atomic E-state index is 6.05. The fourth-order valence-electron chi connectivity index (χ4n) is 2.09. The molecule has 2 heterocycles. The van der Waals surface area contributed by atoms with Gasteiger partial charge in [-0.1, -0.05) is 0 Å². The molecule has 1 fully saturated rings. The maximum Gasteiger partial charge on any atom is 0.122 e. The number of rotatable bonds is 3. The zero-order valence-electron chi connectivity index (χ0n) is 9.06. The van der Waals surface area contributed by atoms with Crippen LogP contribution in [0.2, 0.25) is 0 Å². The van der Waals surface area contributed by atoms with Gasteiger partial charge in [0.15, 0.2) is 0 Å². The minimum atomic E-state index is 0.110. The van der Waals surface area contributed by atoms with Crippen LogP contribution in [-0.4, -0.2) is 35.5 Å². The second-order valence-corrected chi connectivity index (χ2v) is 5.19. The molecule has 0 aromatic carbocycles. The second-order valence-electron chi connectivity index (χ2n) is 3.97. The molecular formula is C11H18N2OS. The highest BCUT2D eigenvalue weighted by molar-refractivity contribution is 7.99. The molecule has 0 aliphatic carbocycles. The Balaban J connectivity index is 2.12. The molecule has 1 aromatic heterocycles. The maximum absolute atomic E-state index is 6.05. The number of hydrogen-bond acceptors (Lipinski definition) is 4. The van der Waals surface area contributed by atoms with E-state index in [0.717, 1.165) is 18.8 Å². The van der Waals surface area contributed by atoms with Crippen LogP contribution < -0.4 is 5.73 Å². The van der Waals surface area contributed by atoms with Gasteiger partial charge >= 0.3 is 0 Å². The smallest absolute Gasteiger partial charge is 0.122 e. The van der Waals surface area contributed by atoms with E-state index in [9.17, 15) is 0 Å². The van der Waals surface area contributed by atoms with Crippen molar-refractivity contribution in [2.24, 2.45) is 5.73 Å². The molecule has 0 amide bonds. The van der Waals surface area contributed by atoms with E-state index in [1.165, 1.54) is 11.5 Å².